The second-order valence-corrected chi connectivity index (χ2v) is 6.88. The van der Waals surface area contributed by atoms with E-state index in [9.17, 15) is 19.0 Å². The van der Waals surface area contributed by atoms with Crippen LogP contribution in [0.3, 0.4) is 0 Å². The minimum Gasteiger partial charge on any atom is -0.390 e. The highest BCUT2D eigenvalue weighted by Gasteiger charge is 2.40. The molecule has 0 aromatic carbocycles. The molecule has 12 nitrogen and oxygen atoms in total. The quantitative estimate of drug-likeness (QED) is 0.462. The maximum Gasteiger partial charge on any atom is 0.705 e. The van der Waals surface area contributed by atoms with Gasteiger partial charge in [-0.25, -0.2) is 9.36 Å². The highest BCUT2D eigenvalue weighted by atomic mass is 31.2. The molecule has 0 amide bonds. The Balaban J connectivity index is 2.00. The standard InChI is InChI=1S/C9H13N3O9P2/c10-7-1-2-12(9(14)11-7)8-3-5(13)6(20-8)4-19-23(17,18)21-22(15)16/h1-2,5-6,8,13H,3-4H2,(H3-,10,11,14,15,16,17,18)/p+1/t5?,6-,8-/m1/s1. The smallest absolute Gasteiger partial charge is 0.390 e. The summed E-state index contributed by atoms with van der Waals surface area (Å²) >= 11 is 0. The number of rotatable bonds is 6. The molecule has 5 atom stereocenters. The van der Waals surface area contributed by atoms with Gasteiger partial charge in [-0.3, -0.25) is 14.0 Å². The number of phosphoric acid groups is 1. The fourth-order valence-corrected chi connectivity index (χ4v) is 3.19. The molecule has 0 saturated carbocycles. The molecule has 1 aliphatic heterocycles. The van der Waals surface area contributed by atoms with Crippen molar-refractivity contribution in [2.45, 2.75) is 24.9 Å². The number of hydrogen-bond donors (Lipinski definition) is 4. The van der Waals surface area contributed by atoms with E-state index < -0.39 is 46.8 Å². The summed E-state index contributed by atoms with van der Waals surface area (Å²) in [6, 6.07) is 1.37. The van der Waals surface area contributed by atoms with E-state index in [0.717, 1.165) is 4.57 Å². The predicted molar refractivity (Wildman–Crippen MR) is 74.1 cm³/mol. The van der Waals surface area contributed by atoms with Crippen LogP contribution in [-0.4, -0.2) is 43.3 Å². The largest absolute Gasteiger partial charge is 0.705 e. The SMILES string of the molecule is Nc1ccn([C@H]2CC(O)[C@@H](COP(=O)(O)O[P+](=O)O)O2)c(=O)n1. The van der Waals surface area contributed by atoms with E-state index in [1.807, 2.05) is 0 Å². The first-order chi connectivity index (χ1) is 10.7. The molecule has 1 saturated heterocycles. The van der Waals surface area contributed by atoms with Gasteiger partial charge in [-0.05, 0) is 10.4 Å². The van der Waals surface area contributed by atoms with Crippen molar-refractivity contribution in [2.24, 2.45) is 0 Å². The van der Waals surface area contributed by atoms with Crippen molar-refractivity contribution in [3.05, 3.63) is 22.7 Å². The molecule has 1 aromatic heterocycles. The number of nitrogen functional groups attached to an aromatic ring is 1. The Kier molecular flexibility index (Phi) is 5.61. The number of aliphatic hydroxyl groups excluding tert-OH is 1. The lowest BCUT2D eigenvalue weighted by atomic mass is 10.2. The summed E-state index contributed by atoms with van der Waals surface area (Å²) in [6.07, 6.45) is -1.68. The number of nitrogens with zero attached hydrogens (tertiary/aromatic N) is 2. The first-order valence-electron chi connectivity index (χ1n) is 6.19. The van der Waals surface area contributed by atoms with E-state index in [1.54, 1.807) is 0 Å². The molecule has 23 heavy (non-hydrogen) atoms. The zero-order chi connectivity index (χ0) is 17.2. The number of anilines is 1. The van der Waals surface area contributed by atoms with Gasteiger partial charge >= 0.3 is 21.8 Å². The molecule has 0 bridgehead atoms. The molecule has 0 spiro atoms. The zero-order valence-electron chi connectivity index (χ0n) is 11.5. The Bertz CT molecular complexity index is 695. The Morgan fingerprint density at radius 3 is 2.91 bits per heavy atom. The van der Waals surface area contributed by atoms with Crippen molar-refractivity contribution in [1.82, 2.24) is 9.55 Å². The summed E-state index contributed by atoms with van der Waals surface area (Å²) in [5.41, 5.74) is 4.68. The van der Waals surface area contributed by atoms with Crippen LogP contribution in [0, 0.1) is 0 Å². The molecule has 1 aliphatic rings. The van der Waals surface area contributed by atoms with Gasteiger partial charge in [0, 0.05) is 17.2 Å². The van der Waals surface area contributed by atoms with Crippen LogP contribution in [0.4, 0.5) is 5.82 Å². The Labute approximate surface area is 130 Å². The van der Waals surface area contributed by atoms with Gasteiger partial charge in [0.2, 0.25) is 0 Å². The predicted octanol–water partition coefficient (Wildman–Crippen LogP) is -0.743. The van der Waals surface area contributed by atoms with Crippen LogP contribution >= 0.6 is 16.1 Å². The highest BCUT2D eigenvalue weighted by Crippen LogP contribution is 2.51. The molecule has 1 fully saturated rings. The first kappa shape index (κ1) is 18.1. The average molecular weight is 370 g/mol. The lowest BCUT2D eigenvalue weighted by molar-refractivity contribution is -0.0446. The molecular formula is C9H14N3O9P2+. The lowest BCUT2D eigenvalue weighted by Crippen LogP contribution is -2.28. The summed E-state index contributed by atoms with van der Waals surface area (Å²) in [7, 11) is -8.09. The van der Waals surface area contributed by atoms with Gasteiger partial charge in [0.15, 0.2) is 0 Å². The normalized spacial score (nSPS) is 27.6. The number of ether oxygens (including phenoxy) is 1. The van der Waals surface area contributed by atoms with Gasteiger partial charge in [-0.15, -0.1) is 4.89 Å². The van der Waals surface area contributed by atoms with Crippen molar-refractivity contribution in [2.75, 3.05) is 12.3 Å². The van der Waals surface area contributed by atoms with Crippen LogP contribution < -0.4 is 11.4 Å². The molecule has 1 aromatic rings. The van der Waals surface area contributed by atoms with Crippen molar-refractivity contribution in [3.63, 3.8) is 0 Å². The summed E-state index contributed by atoms with van der Waals surface area (Å²) < 4.78 is 36.4. The van der Waals surface area contributed by atoms with E-state index in [1.165, 1.54) is 12.3 Å². The number of aliphatic hydroxyl groups is 1. The van der Waals surface area contributed by atoms with Crippen molar-refractivity contribution in [3.8, 4) is 0 Å². The molecule has 2 rings (SSSR count). The maximum atomic E-state index is 11.7. The Hall–Kier alpha value is -1.23. The molecule has 0 aliphatic carbocycles. The van der Waals surface area contributed by atoms with Gasteiger partial charge in [-0.1, -0.05) is 0 Å². The number of phosphoric ester groups is 1. The third-order valence-corrected chi connectivity index (χ3v) is 4.80. The molecule has 14 heteroatoms. The van der Waals surface area contributed by atoms with Crippen LogP contribution in [0.25, 0.3) is 0 Å². The molecule has 128 valence electrons. The van der Waals surface area contributed by atoms with E-state index in [4.69, 9.17) is 20.3 Å². The topological polar surface area (TPSA) is 183 Å². The van der Waals surface area contributed by atoms with E-state index in [-0.39, 0.29) is 12.2 Å². The maximum absolute atomic E-state index is 11.7. The van der Waals surface area contributed by atoms with Gasteiger partial charge in [-0.2, -0.15) is 4.98 Å². The molecule has 0 radical (unpaired) electrons. The fraction of sp³-hybridized carbons (Fsp3) is 0.556. The second kappa shape index (κ2) is 7.12. The van der Waals surface area contributed by atoms with Crippen molar-refractivity contribution in [1.29, 1.82) is 0 Å². The van der Waals surface area contributed by atoms with E-state index >= 15 is 0 Å². The van der Waals surface area contributed by atoms with Gasteiger partial charge in [0.1, 0.15) is 18.1 Å². The summed E-state index contributed by atoms with van der Waals surface area (Å²) in [4.78, 5) is 32.8. The summed E-state index contributed by atoms with van der Waals surface area (Å²) in [5, 5.41) is 9.86. The molecule has 3 unspecified atom stereocenters. The number of aromatic nitrogens is 2. The fourth-order valence-electron chi connectivity index (χ4n) is 1.96. The lowest BCUT2D eigenvalue weighted by Gasteiger charge is -2.16. The monoisotopic (exact) mass is 370 g/mol. The minimum absolute atomic E-state index is 0.00435. The number of nitrogens with two attached hydrogens (primary N) is 1. The van der Waals surface area contributed by atoms with Crippen molar-refractivity contribution >= 4 is 21.9 Å². The Morgan fingerprint density at radius 2 is 2.30 bits per heavy atom. The van der Waals surface area contributed by atoms with Crippen LogP contribution in [-0.2, 0) is 22.7 Å². The first-order valence-corrected chi connectivity index (χ1v) is 8.82. The third kappa shape index (κ3) is 4.87. The third-order valence-electron chi connectivity index (χ3n) is 2.94. The molecule has 2 heterocycles. The zero-order valence-corrected chi connectivity index (χ0v) is 13.2. The average Bonchev–Trinajstić information content (AvgIpc) is 2.76. The van der Waals surface area contributed by atoms with Gasteiger partial charge in [0.25, 0.3) is 0 Å². The van der Waals surface area contributed by atoms with Crippen molar-refractivity contribution < 1.29 is 37.6 Å². The van der Waals surface area contributed by atoms with Crippen LogP contribution in [0.2, 0.25) is 0 Å². The summed E-state index contributed by atoms with van der Waals surface area (Å²) in [5.74, 6) is 0.0289. The highest BCUT2D eigenvalue weighted by molar-refractivity contribution is 7.55. The second-order valence-electron chi connectivity index (χ2n) is 4.56. The Morgan fingerprint density at radius 1 is 1.61 bits per heavy atom. The van der Waals surface area contributed by atoms with Gasteiger partial charge < -0.3 is 15.6 Å². The van der Waals surface area contributed by atoms with E-state index in [2.05, 4.69) is 13.8 Å². The van der Waals surface area contributed by atoms with Crippen LogP contribution in [0.15, 0.2) is 17.1 Å². The van der Waals surface area contributed by atoms with Crippen LogP contribution in [0.1, 0.15) is 12.6 Å². The number of hydrogen-bond acceptors (Lipinski definition) is 9. The van der Waals surface area contributed by atoms with Gasteiger partial charge in [0.05, 0.1) is 12.7 Å². The molecule has 5 N–H and O–H groups in total. The van der Waals surface area contributed by atoms with Crippen LogP contribution in [0.5, 0.6) is 0 Å². The summed E-state index contributed by atoms with van der Waals surface area (Å²) in [6.45, 7) is -0.591. The van der Waals surface area contributed by atoms with E-state index in [0.29, 0.717) is 0 Å². The molecular weight excluding hydrogens is 356 g/mol. The minimum atomic E-state index is -4.76.